The minimum Gasteiger partial charge on any atom is -0.294 e. The summed E-state index contributed by atoms with van der Waals surface area (Å²) < 4.78 is 0. The van der Waals surface area contributed by atoms with Gasteiger partial charge in [0.05, 0.1) is 0 Å². The summed E-state index contributed by atoms with van der Waals surface area (Å²) in [4.78, 5) is 12.2. The van der Waals surface area contributed by atoms with Crippen molar-refractivity contribution in [3.63, 3.8) is 0 Å². The Kier molecular flexibility index (Phi) is 2.01. The topological polar surface area (TPSA) is 17.1 Å². The molecule has 0 spiro atoms. The highest BCUT2D eigenvalue weighted by molar-refractivity contribution is 6.00. The third kappa shape index (κ3) is 1.50. The van der Waals surface area contributed by atoms with E-state index in [1.165, 1.54) is 24.0 Å². The van der Waals surface area contributed by atoms with E-state index in [9.17, 15) is 4.79 Å². The fraction of sp³-hybridized carbons (Fsp3) is 0.533. The SMILES string of the molecule is CC1(C)CC1C(=O)c1ccc2c(c1)CCC2. The molecule has 1 fully saturated rings. The summed E-state index contributed by atoms with van der Waals surface area (Å²) >= 11 is 0. The Bertz CT molecular complexity index is 457. The Hall–Kier alpha value is -1.11. The number of ketones is 1. The van der Waals surface area contributed by atoms with Gasteiger partial charge < -0.3 is 0 Å². The molecule has 0 radical (unpaired) electrons. The third-order valence-electron chi connectivity index (χ3n) is 4.21. The van der Waals surface area contributed by atoms with Gasteiger partial charge in [-0.2, -0.15) is 0 Å². The first-order valence-electron chi connectivity index (χ1n) is 6.24. The van der Waals surface area contributed by atoms with Crippen LogP contribution in [0.2, 0.25) is 0 Å². The molecule has 2 aliphatic rings. The Morgan fingerprint density at radius 2 is 1.94 bits per heavy atom. The van der Waals surface area contributed by atoms with Gasteiger partial charge in [-0.3, -0.25) is 4.79 Å². The highest BCUT2D eigenvalue weighted by atomic mass is 16.1. The lowest BCUT2D eigenvalue weighted by atomic mass is 9.98. The first-order chi connectivity index (χ1) is 7.58. The molecule has 0 N–H and O–H groups in total. The second kappa shape index (κ2) is 3.19. The zero-order valence-electron chi connectivity index (χ0n) is 10.0. The van der Waals surface area contributed by atoms with Crippen molar-refractivity contribution in [3.8, 4) is 0 Å². The van der Waals surface area contributed by atoms with Crippen LogP contribution in [0.3, 0.4) is 0 Å². The van der Waals surface area contributed by atoms with Crippen molar-refractivity contribution in [1.29, 1.82) is 0 Å². The summed E-state index contributed by atoms with van der Waals surface area (Å²) in [6, 6.07) is 6.32. The van der Waals surface area contributed by atoms with Gasteiger partial charge in [-0.05, 0) is 48.3 Å². The van der Waals surface area contributed by atoms with E-state index in [1.54, 1.807) is 0 Å². The van der Waals surface area contributed by atoms with Crippen molar-refractivity contribution in [2.24, 2.45) is 11.3 Å². The molecule has 1 heteroatoms. The van der Waals surface area contributed by atoms with Crippen molar-refractivity contribution in [2.75, 3.05) is 0 Å². The van der Waals surface area contributed by atoms with Crippen LogP contribution < -0.4 is 0 Å². The van der Waals surface area contributed by atoms with Crippen LogP contribution in [0.1, 0.15) is 48.2 Å². The molecule has 16 heavy (non-hydrogen) atoms. The Balaban J connectivity index is 1.88. The van der Waals surface area contributed by atoms with Gasteiger partial charge in [0, 0.05) is 11.5 Å². The van der Waals surface area contributed by atoms with Crippen molar-refractivity contribution in [3.05, 3.63) is 34.9 Å². The number of aryl methyl sites for hydroxylation is 2. The maximum atomic E-state index is 12.2. The molecule has 0 aliphatic heterocycles. The Morgan fingerprint density at radius 3 is 2.62 bits per heavy atom. The standard InChI is InChI=1S/C15H18O/c1-15(2)9-13(15)14(16)12-7-6-10-4-3-5-11(10)8-12/h6-8,13H,3-5,9H2,1-2H3. The van der Waals surface area contributed by atoms with E-state index in [0.29, 0.717) is 5.78 Å². The highest BCUT2D eigenvalue weighted by Gasteiger charge is 2.50. The molecule has 1 nitrogen and oxygen atoms in total. The molecule has 0 aromatic heterocycles. The number of hydrogen-bond acceptors (Lipinski definition) is 1. The Morgan fingerprint density at radius 1 is 1.25 bits per heavy atom. The van der Waals surface area contributed by atoms with Gasteiger partial charge in [0.25, 0.3) is 0 Å². The van der Waals surface area contributed by atoms with E-state index < -0.39 is 0 Å². The van der Waals surface area contributed by atoms with Crippen LogP contribution in [0.4, 0.5) is 0 Å². The molecule has 1 aromatic rings. The maximum absolute atomic E-state index is 12.2. The van der Waals surface area contributed by atoms with Crippen molar-refractivity contribution < 1.29 is 4.79 Å². The predicted octanol–water partition coefficient (Wildman–Crippen LogP) is 3.40. The molecule has 0 amide bonds. The van der Waals surface area contributed by atoms with Crippen LogP contribution >= 0.6 is 0 Å². The maximum Gasteiger partial charge on any atom is 0.166 e. The van der Waals surface area contributed by atoms with Gasteiger partial charge >= 0.3 is 0 Å². The van der Waals surface area contributed by atoms with E-state index in [-0.39, 0.29) is 11.3 Å². The number of rotatable bonds is 2. The second-order valence-corrected chi connectivity index (χ2v) is 5.95. The summed E-state index contributed by atoms with van der Waals surface area (Å²) in [5, 5.41) is 0. The number of Topliss-reactive ketones (excluding diaryl/α,β-unsaturated/α-hetero) is 1. The lowest BCUT2D eigenvalue weighted by Crippen LogP contribution is -2.07. The smallest absolute Gasteiger partial charge is 0.166 e. The third-order valence-corrected chi connectivity index (χ3v) is 4.21. The van der Waals surface area contributed by atoms with Crippen molar-refractivity contribution in [1.82, 2.24) is 0 Å². The van der Waals surface area contributed by atoms with Gasteiger partial charge in [-0.25, -0.2) is 0 Å². The predicted molar refractivity (Wildman–Crippen MR) is 64.7 cm³/mol. The summed E-state index contributed by atoms with van der Waals surface area (Å²) in [5.41, 5.74) is 4.04. The quantitative estimate of drug-likeness (QED) is 0.689. The lowest BCUT2D eigenvalue weighted by molar-refractivity contribution is 0.0953. The van der Waals surface area contributed by atoms with Crippen LogP contribution in [0.15, 0.2) is 18.2 Å². The van der Waals surface area contributed by atoms with Crippen LogP contribution in [-0.4, -0.2) is 5.78 Å². The number of benzene rings is 1. The Labute approximate surface area is 96.9 Å². The molecule has 84 valence electrons. The largest absolute Gasteiger partial charge is 0.294 e. The van der Waals surface area contributed by atoms with Gasteiger partial charge in [0.1, 0.15) is 0 Å². The van der Waals surface area contributed by atoms with E-state index in [4.69, 9.17) is 0 Å². The summed E-state index contributed by atoms with van der Waals surface area (Å²) in [5.74, 6) is 0.631. The molecule has 1 saturated carbocycles. The molecule has 1 atom stereocenters. The molecule has 1 aromatic carbocycles. The van der Waals surface area contributed by atoms with Gasteiger partial charge in [-0.1, -0.05) is 26.0 Å². The minimum atomic E-state index is 0.246. The number of carbonyl (C=O) groups excluding carboxylic acids is 1. The fourth-order valence-corrected chi connectivity index (χ4v) is 2.84. The van der Waals surface area contributed by atoms with Crippen LogP contribution in [0.25, 0.3) is 0 Å². The summed E-state index contributed by atoms with van der Waals surface area (Å²) in [7, 11) is 0. The molecular weight excluding hydrogens is 196 g/mol. The molecule has 0 bridgehead atoms. The second-order valence-electron chi connectivity index (χ2n) is 5.95. The fourth-order valence-electron chi connectivity index (χ4n) is 2.84. The number of hydrogen-bond donors (Lipinski definition) is 0. The average Bonchev–Trinajstić information content (AvgIpc) is 2.72. The zero-order chi connectivity index (χ0) is 11.3. The lowest BCUT2D eigenvalue weighted by Gasteiger charge is -2.05. The highest BCUT2D eigenvalue weighted by Crippen LogP contribution is 2.53. The monoisotopic (exact) mass is 214 g/mol. The van der Waals surface area contributed by atoms with E-state index in [2.05, 4.69) is 26.0 Å². The van der Waals surface area contributed by atoms with Crippen molar-refractivity contribution >= 4 is 5.78 Å². The normalized spacial score (nSPS) is 25.2. The summed E-state index contributed by atoms with van der Waals surface area (Å²) in [6.45, 7) is 4.37. The summed E-state index contributed by atoms with van der Waals surface area (Å²) in [6.07, 6.45) is 4.66. The van der Waals surface area contributed by atoms with Crippen LogP contribution in [-0.2, 0) is 12.8 Å². The van der Waals surface area contributed by atoms with Crippen molar-refractivity contribution in [2.45, 2.75) is 39.5 Å². The number of carbonyl (C=O) groups is 1. The van der Waals surface area contributed by atoms with Crippen LogP contribution in [0, 0.1) is 11.3 Å². The average molecular weight is 214 g/mol. The van der Waals surface area contributed by atoms with E-state index in [1.807, 2.05) is 6.07 Å². The first kappa shape index (κ1) is 10.1. The molecule has 1 unspecified atom stereocenters. The van der Waals surface area contributed by atoms with Gasteiger partial charge in [0.15, 0.2) is 5.78 Å². The van der Waals surface area contributed by atoms with Gasteiger partial charge in [0.2, 0.25) is 0 Å². The van der Waals surface area contributed by atoms with Gasteiger partial charge in [-0.15, -0.1) is 0 Å². The molecule has 0 heterocycles. The molecule has 0 saturated heterocycles. The zero-order valence-corrected chi connectivity index (χ0v) is 10.0. The first-order valence-corrected chi connectivity index (χ1v) is 6.24. The van der Waals surface area contributed by atoms with E-state index >= 15 is 0 Å². The number of fused-ring (bicyclic) bond motifs is 1. The minimum absolute atomic E-state index is 0.246. The molecule has 3 rings (SSSR count). The van der Waals surface area contributed by atoms with Crippen LogP contribution in [0.5, 0.6) is 0 Å². The molecular formula is C15H18O. The molecule has 2 aliphatic carbocycles. The van der Waals surface area contributed by atoms with E-state index in [0.717, 1.165) is 18.4 Å².